The summed E-state index contributed by atoms with van der Waals surface area (Å²) in [5.74, 6) is -0.297. The molecule has 3 nitrogen and oxygen atoms in total. The number of nitrogens with one attached hydrogen (secondary N) is 1. The Hall–Kier alpha value is -2.33. The molecule has 0 fully saturated rings. The van der Waals surface area contributed by atoms with E-state index >= 15 is 0 Å². The SMILES string of the molecule is CCNC(c1ccc2ncccc2c1)c1ncccc1F. The quantitative estimate of drug-likeness (QED) is 0.795. The number of halogens is 1. The predicted molar refractivity (Wildman–Crippen MR) is 81.5 cm³/mol. The smallest absolute Gasteiger partial charge is 0.146 e. The van der Waals surface area contributed by atoms with Crippen LogP contribution in [0.2, 0.25) is 0 Å². The summed E-state index contributed by atoms with van der Waals surface area (Å²) in [6.07, 6.45) is 3.38. The normalized spacial score (nSPS) is 12.5. The van der Waals surface area contributed by atoms with E-state index in [2.05, 4.69) is 15.3 Å². The van der Waals surface area contributed by atoms with Gasteiger partial charge in [0, 0.05) is 17.8 Å². The number of hydrogen-bond acceptors (Lipinski definition) is 3. The first kappa shape index (κ1) is 13.6. The van der Waals surface area contributed by atoms with Crippen LogP contribution in [-0.4, -0.2) is 16.5 Å². The molecule has 0 spiro atoms. The molecule has 0 aliphatic carbocycles. The number of hydrogen-bond donors (Lipinski definition) is 1. The number of benzene rings is 1. The first-order chi connectivity index (χ1) is 10.3. The highest BCUT2D eigenvalue weighted by Gasteiger charge is 2.18. The molecule has 3 rings (SSSR count). The first-order valence-electron chi connectivity index (χ1n) is 6.98. The molecule has 0 aliphatic rings. The van der Waals surface area contributed by atoms with Crippen molar-refractivity contribution in [3.63, 3.8) is 0 Å². The maximum absolute atomic E-state index is 14.0. The van der Waals surface area contributed by atoms with E-state index in [0.29, 0.717) is 5.69 Å². The highest BCUT2D eigenvalue weighted by Crippen LogP contribution is 2.25. The zero-order chi connectivity index (χ0) is 14.7. The maximum Gasteiger partial charge on any atom is 0.146 e. The fourth-order valence-electron chi connectivity index (χ4n) is 2.46. The second kappa shape index (κ2) is 5.97. The van der Waals surface area contributed by atoms with E-state index in [0.717, 1.165) is 23.0 Å². The number of aromatic nitrogens is 2. The van der Waals surface area contributed by atoms with Gasteiger partial charge in [0.15, 0.2) is 0 Å². The monoisotopic (exact) mass is 281 g/mol. The molecule has 4 heteroatoms. The van der Waals surface area contributed by atoms with Crippen LogP contribution in [0.3, 0.4) is 0 Å². The van der Waals surface area contributed by atoms with Crippen LogP contribution >= 0.6 is 0 Å². The third-order valence-electron chi connectivity index (χ3n) is 3.43. The minimum absolute atomic E-state index is 0.263. The van der Waals surface area contributed by atoms with Crippen molar-refractivity contribution in [1.29, 1.82) is 0 Å². The van der Waals surface area contributed by atoms with Crippen LogP contribution in [-0.2, 0) is 0 Å². The summed E-state index contributed by atoms with van der Waals surface area (Å²) in [7, 11) is 0. The predicted octanol–water partition coefficient (Wildman–Crippen LogP) is 3.47. The molecule has 0 bridgehead atoms. The zero-order valence-electron chi connectivity index (χ0n) is 11.8. The van der Waals surface area contributed by atoms with E-state index in [1.165, 1.54) is 6.07 Å². The Labute approximate surface area is 122 Å². The molecule has 0 amide bonds. The van der Waals surface area contributed by atoms with Gasteiger partial charge in [0.1, 0.15) is 5.82 Å². The van der Waals surface area contributed by atoms with Crippen molar-refractivity contribution in [3.8, 4) is 0 Å². The molecule has 1 atom stereocenters. The lowest BCUT2D eigenvalue weighted by Crippen LogP contribution is -2.24. The number of pyridine rings is 2. The summed E-state index contributed by atoms with van der Waals surface area (Å²) < 4.78 is 14.0. The van der Waals surface area contributed by atoms with E-state index in [1.54, 1.807) is 18.5 Å². The van der Waals surface area contributed by atoms with Crippen molar-refractivity contribution in [3.05, 3.63) is 71.9 Å². The summed E-state index contributed by atoms with van der Waals surface area (Å²) in [5, 5.41) is 4.33. The summed E-state index contributed by atoms with van der Waals surface area (Å²) in [6, 6.07) is 12.6. The number of fused-ring (bicyclic) bond motifs is 1. The van der Waals surface area contributed by atoms with Crippen molar-refractivity contribution >= 4 is 10.9 Å². The lowest BCUT2D eigenvalue weighted by Gasteiger charge is -2.18. The van der Waals surface area contributed by atoms with Gasteiger partial charge in [0.2, 0.25) is 0 Å². The van der Waals surface area contributed by atoms with Crippen molar-refractivity contribution in [2.45, 2.75) is 13.0 Å². The molecule has 2 heterocycles. The maximum atomic E-state index is 14.0. The molecule has 1 N–H and O–H groups in total. The second-order valence-electron chi connectivity index (χ2n) is 4.82. The molecule has 21 heavy (non-hydrogen) atoms. The van der Waals surface area contributed by atoms with Crippen molar-refractivity contribution in [2.75, 3.05) is 6.54 Å². The Morgan fingerprint density at radius 1 is 1.10 bits per heavy atom. The van der Waals surface area contributed by atoms with E-state index in [1.807, 2.05) is 37.3 Å². The van der Waals surface area contributed by atoms with Gasteiger partial charge in [-0.2, -0.15) is 0 Å². The van der Waals surface area contributed by atoms with Gasteiger partial charge in [0.05, 0.1) is 17.3 Å². The van der Waals surface area contributed by atoms with Crippen molar-refractivity contribution < 1.29 is 4.39 Å². The van der Waals surface area contributed by atoms with E-state index in [-0.39, 0.29) is 11.9 Å². The summed E-state index contributed by atoms with van der Waals surface area (Å²) >= 11 is 0. The Bertz CT molecular complexity index is 758. The van der Waals surface area contributed by atoms with Gasteiger partial charge in [-0.1, -0.05) is 19.1 Å². The topological polar surface area (TPSA) is 37.8 Å². The summed E-state index contributed by atoms with van der Waals surface area (Å²) in [5.41, 5.74) is 2.33. The van der Waals surface area contributed by atoms with Crippen LogP contribution in [0, 0.1) is 5.82 Å². The molecule has 106 valence electrons. The molecular formula is C17H16FN3. The lowest BCUT2D eigenvalue weighted by atomic mass is 10.0. The van der Waals surface area contributed by atoms with Crippen LogP contribution in [0.25, 0.3) is 10.9 Å². The molecule has 0 aliphatic heterocycles. The van der Waals surface area contributed by atoms with E-state index in [4.69, 9.17) is 0 Å². The molecule has 0 radical (unpaired) electrons. The number of rotatable bonds is 4. The minimum atomic E-state index is -0.297. The van der Waals surface area contributed by atoms with Gasteiger partial charge in [-0.05, 0) is 42.4 Å². The van der Waals surface area contributed by atoms with Gasteiger partial charge in [-0.15, -0.1) is 0 Å². The van der Waals surface area contributed by atoms with Crippen LogP contribution in [0.1, 0.15) is 24.2 Å². The number of nitrogens with zero attached hydrogens (tertiary/aromatic N) is 2. The Balaban J connectivity index is 2.09. The van der Waals surface area contributed by atoms with Crippen LogP contribution in [0.5, 0.6) is 0 Å². The summed E-state index contributed by atoms with van der Waals surface area (Å²) in [4.78, 5) is 8.51. The van der Waals surface area contributed by atoms with E-state index < -0.39 is 0 Å². The van der Waals surface area contributed by atoms with Gasteiger partial charge in [0.25, 0.3) is 0 Å². The van der Waals surface area contributed by atoms with Gasteiger partial charge in [-0.3, -0.25) is 9.97 Å². The van der Waals surface area contributed by atoms with Crippen molar-refractivity contribution in [1.82, 2.24) is 15.3 Å². The Morgan fingerprint density at radius 3 is 2.71 bits per heavy atom. The third-order valence-corrected chi connectivity index (χ3v) is 3.43. The first-order valence-corrected chi connectivity index (χ1v) is 6.98. The molecule has 2 aromatic heterocycles. The fraction of sp³-hybridized carbons (Fsp3) is 0.176. The standard InChI is InChI=1S/C17H16FN3/c1-2-19-16(17-14(18)6-4-10-21-17)13-7-8-15-12(11-13)5-3-9-20-15/h3-11,16,19H,2H2,1H3. The fourth-order valence-corrected chi connectivity index (χ4v) is 2.46. The highest BCUT2D eigenvalue weighted by atomic mass is 19.1. The average molecular weight is 281 g/mol. The van der Waals surface area contributed by atoms with E-state index in [9.17, 15) is 4.39 Å². The van der Waals surface area contributed by atoms with Crippen LogP contribution in [0.15, 0.2) is 54.9 Å². The minimum Gasteiger partial charge on any atom is -0.305 e. The van der Waals surface area contributed by atoms with Gasteiger partial charge < -0.3 is 5.32 Å². The van der Waals surface area contributed by atoms with Crippen molar-refractivity contribution in [2.24, 2.45) is 0 Å². The van der Waals surface area contributed by atoms with Crippen LogP contribution < -0.4 is 5.32 Å². The Morgan fingerprint density at radius 2 is 1.90 bits per heavy atom. The third kappa shape index (κ3) is 2.76. The molecule has 1 aromatic carbocycles. The molecule has 0 saturated heterocycles. The second-order valence-corrected chi connectivity index (χ2v) is 4.82. The Kier molecular flexibility index (Phi) is 3.88. The van der Waals surface area contributed by atoms with Gasteiger partial charge in [-0.25, -0.2) is 4.39 Å². The molecular weight excluding hydrogens is 265 g/mol. The largest absolute Gasteiger partial charge is 0.305 e. The zero-order valence-corrected chi connectivity index (χ0v) is 11.8. The average Bonchev–Trinajstić information content (AvgIpc) is 2.53. The van der Waals surface area contributed by atoms with Gasteiger partial charge >= 0.3 is 0 Å². The lowest BCUT2D eigenvalue weighted by molar-refractivity contribution is 0.543. The van der Waals surface area contributed by atoms with Crippen LogP contribution in [0.4, 0.5) is 4.39 Å². The summed E-state index contributed by atoms with van der Waals surface area (Å²) in [6.45, 7) is 2.72. The molecule has 1 unspecified atom stereocenters. The molecule has 3 aromatic rings. The molecule has 0 saturated carbocycles. The highest BCUT2D eigenvalue weighted by molar-refractivity contribution is 5.79.